The van der Waals surface area contributed by atoms with Gasteiger partial charge in [-0.2, -0.15) is 0 Å². The van der Waals surface area contributed by atoms with Crippen LogP contribution in [-0.4, -0.2) is 23.4 Å². The maximum atomic E-state index is 12.4. The van der Waals surface area contributed by atoms with Crippen LogP contribution in [0.1, 0.15) is 35.3 Å². The summed E-state index contributed by atoms with van der Waals surface area (Å²) >= 11 is 0. The lowest BCUT2D eigenvalue weighted by atomic mass is 10.00. The minimum absolute atomic E-state index is 0.254. The third-order valence-electron chi connectivity index (χ3n) is 3.77. The van der Waals surface area contributed by atoms with E-state index in [-0.39, 0.29) is 5.78 Å². The standard InChI is InChI=1S/C15H18N2O/c1-10-15(12-6-2-3-7-13(12)17-10)14(18)9-11-5-4-8-16-11/h2-3,6-7,11,16-17H,4-5,8-9H2,1H3. The summed E-state index contributed by atoms with van der Waals surface area (Å²) < 4.78 is 0. The predicted molar refractivity (Wildman–Crippen MR) is 73.0 cm³/mol. The van der Waals surface area contributed by atoms with Crippen LogP contribution < -0.4 is 5.32 Å². The molecule has 94 valence electrons. The van der Waals surface area contributed by atoms with Gasteiger partial charge in [0.2, 0.25) is 0 Å². The second-order valence-electron chi connectivity index (χ2n) is 5.09. The van der Waals surface area contributed by atoms with Crippen molar-refractivity contribution in [3.63, 3.8) is 0 Å². The van der Waals surface area contributed by atoms with Gasteiger partial charge >= 0.3 is 0 Å². The third-order valence-corrected chi connectivity index (χ3v) is 3.77. The van der Waals surface area contributed by atoms with Crippen LogP contribution >= 0.6 is 0 Å². The molecule has 1 aliphatic heterocycles. The van der Waals surface area contributed by atoms with E-state index in [9.17, 15) is 4.79 Å². The zero-order valence-corrected chi connectivity index (χ0v) is 10.6. The number of aromatic amines is 1. The molecule has 0 radical (unpaired) electrons. The summed E-state index contributed by atoms with van der Waals surface area (Å²) in [6.07, 6.45) is 2.92. The molecule has 1 aliphatic rings. The maximum absolute atomic E-state index is 12.4. The van der Waals surface area contributed by atoms with Gasteiger partial charge in [0.25, 0.3) is 0 Å². The number of H-pyrrole nitrogens is 1. The third kappa shape index (κ3) is 1.95. The molecule has 1 unspecified atom stereocenters. The zero-order chi connectivity index (χ0) is 12.5. The monoisotopic (exact) mass is 242 g/mol. The van der Waals surface area contributed by atoms with E-state index in [4.69, 9.17) is 0 Å². The Bertz CT molecular complexity index is 579. The number of para-hydroxylation sites is 1. The molecule has 0 spiro atoms. The zero-order valence-electron chi connectivity index (χ0n) is 10.6. The average molecular weight is 242 g/mol. The highest BCUT2D eigenvalue weighted by Gasteiger charge is 2.21. The summed E-state index contributed by atoms with van der Waals surface area (Å²) in [5.74, 6) is 0.254. The van der Waals surface area contributed by atoms with Gasteiger partial charge in [0.1, 0.15) is 0 Å². The van der Waals surface area contributed by atoms with Crippen LogP contribution in [0, 0.1) is 6.92 Å². The first-order chi connectivity index (χ1) is 8.75. The van der Waals surface area contributed by atoms with Crippen molar-refractivity contribution in [3.05, 3.63) is 35.5 Å². The largest absolute Gasteiger partial charge is 0.358 e. The molecule has 1 fully saturated rings. The Labute approximate surface area is 107 Å². The van der Waals surface area contributed by atoms with Crippen molar-refractivity contribution in [3.8, 4) is 0 Å². The molecular weight excluding hydrogens is 224 g/mol. The highest BCUT2D eigenvalue weighted by molar-refractivity contribution is 6.09. The lowest BCUT2D eigenvalue weighted by Crippen LogP contribution is -2.24. The van der Waals surface area contributed by atoms with Gasteiger partial charge in [-0.3, -0.25) is 4.79 Å². The van der Waals surface area contributed by atoms with Crippen molar-refractivity contribution in [2.75, 3.05) is 6.54 Å². The summed E-state index contributed by atoms with van der Waals surface area (Å²) in [5.41, 5.74) is 2.91. The molecule has 3 rings (SSSR count). The minimum Gasteiger partial charge on any atom is -0.358 e. The fourth-order valence-electron chi connectivity index (χ4n) is 2.89. The number of fused-ring (bicyclic) bond motifs is 1. The van der Waals surface area contributed by atoms with Crippen molar-refractivity contribution < 1.29 is 4.79 Å². The number of aryl methyl sites for hydroxylation is 1. The number of ketones is 1. The molecule has 18 heavy (non-hydrogen) atoms. The predicted octanol–water partition coefficient (Wildman–Crippen LogP) is 2.80. The van der Waals surface area contributed by atoms with Crippen molar-refractivity contribution in [1.82, 2.24) is 10.3 Å². The molecule has 1 saturated heterocycles. The lowest BCUT2D eigenvalue weighted by molar-refractivity contribution is 0.0973. The van der Waals surface area contributed by atoms with Gasteiger partial charge in [-0.25, -0.2) is 0 Å². The van der Waals surface area contributed by atoms with Crippen LogP contribution in [0.25, 0.3) is 10.9 Å². The molecule has 2 heterocycles. The molecule has 1 aromatic heterocycles. The van der Waals surface area contributed by atoms with Crippen molar-refractivity contribution in [2.45, 2.75) is 32.2 Å². The first kappa shape index (κ1) is 11.5. The summed E-state index contributed by atoms with van der Waals surface area (Å²) in [4.78, 5) is 15.7. The topological polar surface area (TPSA) is 44.9 Å². The second kappa shape index (κ2) is 4.58. The Kier molecular flexibility index (Phi) is 2.92. The number of Topliss-reactive ketones (excluding diaryl/α,β-unsaturated/α-hetero) is 1. The number of carbonyl (C=O) groups is 1. The SMILES string of the molecule is Cc1[nH]c2ccccc2c1C(=O)CC1CCCN1. The fraction of sp³-hybridized carbons (Fsp3) is 0.400. The van der Waals surface area contributed by atoms with Gasteiger partial charge < -0.3 is 10.3 Å². The molecule has 3 nitrogen and oxygen atoms in total. The molecule has 0 amide bonds. The number of rotatable bonds is 3. The lowest BCUT2D eigenvalue weighted by Gasteiger charge is -2.08. The van der Waals surface area contributed by atoms with E-state index in [1.165, 1.54) is 6.42 Å². The molecule has 0 saturated carbocycles. The molecular formula is C15H18N2O. The van der Waals surface area contributed by atoms with Crippen LogP contribution in [0.5, 0.6) is 0 Å². The van der Waals surface area contributed by atoms with E-state index >= 15 is 0 Å². The Morgan fingerprint density at radius 3 is 3.00 bits per heavy atom. The first-order valence-corrected chi connectivity index (χ1v) is 6.59. The van der Waals surface area contributed by atoms with E-state index in [2.05, 4.69) is 10.3 Å². The van der Waals surface area contributed by atoms with Gasteiger partial charge in [0.05, 0.1) is 0 Å². The Morgan fingerprint density at radius 2 is 2.22 bits per heavy atom. The first-order valence-electron chi connectivity index (χ1n) is 6.59. The number of carbonyl (C=O) groups excluding carboxylic acids is 1. The molecule has 0 bridgehead atoms. The highest BCUT2D eigenvalue weighted by Crippen LogP contribution is 2.24. The van der Waals surface area contributed by atoms with Gasteiger partial charge in [0, 0.05) is 34.6 Å². The van der Waals surface area contributed by atoms with Gasteiger partial charge in [0.15, 0.2) is 5.78 Å². The van der Waals surface area contributed by atoms with Crippen molar-refractivity contribution >= 4 is 16.7 Å². The van der Waals surface area contributed by atoms with E-state index in [0.29, 0.717) is 12.5 Å². The summed E-state index contributed by atoms with van der Waals surface area (Å²) in [6, 6.07) is 8.39. The number of hydrogen-bond donors (Lipinski definition) is 2. The molecule has 1 atom stereocenters. The van der Waals surface area contributed by atoms with Gasteiger partial charge in [-0.15, -0.1) is 0 Å². The van der Waals surface area contributed by atoms with Crippen LogP contribution in [0.3, 0.4) is 0 Å². The van der Waals surface area contributed by atoms with Crippen molar-refractivity contribution in [2.24, 2.45) is 0 Å². The summed E-state index contributed by atoms with van der Waals surface area (Å²) in [7, 11) is 0. The molecule has 2 N–H and O–H groups in total. The van der Waals surface area contributed by atoms with E-state index < -0.39 is 0 Å². The smallest absolute Gasteiger partial charge is 0.166 e. The summed E-state index contributed by atoms with van der Waals surface area (Å²) in [5, 5.41) is 4.44. The van der Waals surface area contributed by atoms with E-state index in [1.807, 2.05) is 31.2 Å². The van der Waals surface area contributed by atoms with Crippen molar-refractivity contribution in [1.29, 1.82) is 0 Å². The highest BCUT2D eigenvalue weighted by atomic mass is 16.1. The van der Waals surface area contributed by atoms with Crippen LogP contribution in [0.2, 0.25) is 0 Å². The molecule has 1 aromatic carbocycles. The Hall–Kier alpha value is -1.61. The average Bonchev–Trinajstić information content (AvgIpc) is 2.94. The van der Waals surface area contributed by atoms with E-state index in [1.54, 1.807) is 0 Å². The Balaban J connectivity index is 1.92. The summed E-state index contributed by atoms with van der Waals surface area (Å²) in [6.45, 7) is 3.03. The quantitative estimate of drug-likeness (QED) is 0.813. The van der Waals surface area contributed by atoms with Gasteiger partial charge in [-0.05, 0) is 32.4 Å². The number of benzene rings is 1. The van der Waals surface area contributed by atoms with Crippen LogP contribution in [-0.2, 0) is 0 Å². The second-order valence-corrected chi connectivity index (χ2v) is 5.09. The van der Waals surface area contributed by atoms with Gasteiger partial charge in [-0.1, -0.05) is 18.2 Å². The molecule has 3 heteroatoms. The van der Waals surface area contributed by atoms with Crippen LogP contribution in [0.15, 0.2) is 24.3 Å². The number of aromatic nitrogens is 1. The van der Waals surface area contributed by atoms with E-state index in [0.717, 1.165) is 35.1 Å². The fourth-order valence-corrected chi connectivity index (χ4v) is 2.89. The minimum atomic E-state index is 0.254. The Morgan fingerprint density at radius 1 is 1.39 bits per heavy atom. The number of nitrogens with one attached hydrogen (secondary N) is 2. The maximum Gasteiger partial charge on any atom is 0.166 e. The number of hydrogen-bond acceptors (Lipinski definition) is 2. The normalized spacial score (nSPS) is 19.5. The molecule has 2 aromatic rings. The van der Waals surface area contributed by atoms with Crippen LogP contribution in [0.4, 0.5) is 0 Å². The molecule has 0 aliphatic carbocycles.